The number of nitrogens with two attached hydrogens (primary N) is 1. The van der Waals surface area contributed by atoms with Gasteiger partial charge in [-0.05, 0) is 36.2 Å². The van der Waals surface area contributed by atoms with E-state index in [0.717, 1.165) is 22.4 Å². The summed E-state index contributed by atoms with van der Waals surface area (Å²) in [6.07, 6.45) is 3.34. The van der Waals surface area contributed by atoms with Crippen LogP contribution in [0, 0.1) is 18.3 Å². The fourth-order valence-corrected chi connectivity index (χ4v) is 3.04. The van der Waals surface area contributed by atoms with Crippen molar-refractivity contribution in [2.24, 2.45) is 0 Å². The van der Waals surface area contributed by atoms with Gasteiger partial charge in [0.15, 0.2) is 5.65 Å². The number of anilines is 2. The SMILES string of the molecule is CNc1nc(-c2ccnc(C#N)c2)c2ncn(Cc3ccc(N)c(C)c3)c2n1. The lowest BCUT2D eigenvalue weighted by Gasteiger charge is -2.09. The average Bonchev–Trinajstić information content (AvgIpc) is 3.12. The number of imidazole rings is 1. The second-order valence-corrected chi connectivity index (χ2v) is 6.42. The molecular weight excluding hydrogens is 352 g/mol. The van der Waals surface area contributed by atoms with Crippen LogP contribution in [0.25, 0.3) is 22.4 Å². The number of rotatable bonds is 4. The van der Waals surface area contributed by atoms with Crippen molar-refractivity contribution in [3.63, 3.8) is 0 Å². The Bertz CT molecular complexity index is 1220. The highest BCUT2D eigenvalue weighted by atomic mass is 15.2. The van der Waals surface area contributed by atoms with Crippen LogP contribution in [0.2, 0.25) is 0 Å². The van der Waals surface area contributed by atoms with Crippen molar-refractivity contribution in [2.45, 2.75) is 13.5 Å². The molecule has 0 fully saturated rings. The molecule has 4 aromatic rings. The fraction of sp³-hybridized carbons (Fsp3) is 0.150. The van der Waals surface area contributed by atoms with Crippen LogP contribution >= 0.6 is 0 Å². The summed E-state index contributed by atoms with van der Waals surface area (Å²) in [5, 5.41) is 12.1. The molecule has 3 N–H and O–H groups in total. The number of fused-ring (bicyclic) bond motifs is 1. The molecule has 8 nitrogen and oxygen atoms in total. The number of nitrogen functional groups attached to an aromatic ring is 1. The van der Waals surface area contributed by atoms with E-state index < -0.39 is 0 Å². The van der Waals surface area contributed by atoms with Gasteiger partial charge in [-0.3, -0.25) is 0 Å². The predicted octanol–water partition coefficient (Wildman–Crippen LogP) is 2.74. The van der Waals surface area contributed by atoms with Gasteiger partial charge in [0, 0.05) is 24.5 Å². The molecule has 4 rings (SSSR count). The Balaban J connectivity index is 1.84. The molecule has 0 unspecified atom stereocenters. The average molecular weight is 370 g/mol. The molecule has 3 aromatic heterocycles. The van der Waals surface area contributed by atoms with Crippen molar-refractivity contribution in [1.29, 1.82) is 5.26 Å². The minimum absolute atomic E-state index is 0.326. The number of aryl methyl sites for hydroxylation is 1. The van der Waals surface area contributed by atoms with E-state index in [-0.39, 0.29) is 0 Å². The Morgan fingerprint density at radius 2 is 2.04 bits per heavy atom. The largest absolute Gasteiger partial charge is 0.399 e. The third-order valence-corrected chi connectivity index (χ3v) is 4.52. The minimum Gasteiger partial charge on any atom is -0.399 e. The second kappa shape index (κ2) is 6.96. The maximum Gasteiger partial charge on any atom is 0.225 e. The summed E-state index contributed by atoms with van der Waals surface area (Å²) in [7, 11) is 1.77. The standard InChI is InChI=1S/C20H18N8/c1-12-7-13(3-4-16(12)22)10-28-11-25-18-17(26-20(23-2)27-19(18)28)14-5-6-24-15(8-14)9-21/h3-8,11H,10,22H2,1-2H3,(H,23,26,27). The lowest BCUT2D eigenvalue weighted by atomic mass is 10.1. The van der Waals surface area contributed by atoms with Gasteiger partial charge in [-0.2, -0.15) is 10.2 Å². The van der Waals surface area contributed by atoms with Crippen LogP contribution in [-0.2, 0) is 6.54 Å². The van der Waals surface area contributed by atoms with Crippen LogP contribution in [-0.4, -0.2) is 31.6 Å². The Morgan fingerprint density at radius 3 is 2.79 bits per heavy atom. The van der Waals surface area contributed by atoms with Crippen LogP contribution < -0.4 is 11.1 Å². The molecule has 3 heterocycles. The highest BCUT2D eigenvalue weighted by Crippen LogP contribution is 2.27. The lowest BCUT2D eigenvalue weighted by Crippen LogP contribution is -2.04. The van der Waals surface area contributed by atoms with Crippen LogP contribution in [0.1, 0.15) is 16.8 Å². The summed E-state index contributed by atoms with van der Waals surface area (Å²) in [6, 6.07) is 11.5. The molecule has 0 aliphatic carbocycles. The first-order chi connectivity index (χ1) is 13.6. The minimum atomic E-state index is 0.326. The van der Waals surface area contributed by atoms with Crippen molar-refractivity contribution in [3.05, 3.63) is 59.7 Å². The Labute approximate surface area is 161 Å². The molecule has 0 aliphatic rings. The molecule has 1 aromatic carbocycles. The zero-order valence-corrected chi connectivity index (χ0v) is 15.5. The summed E-state index contributed by atoms with van der Waals surface area (Å²) in [5.41, 5.74) is 12.0. The van der Waals surface area contributed by atoms with E-state index in [4.69, 9.17) is 11.0 Å². The van der Waals surface area contributed by atoms with E-state index in [1.54, 1.807) is 25.6 Å². The Hall–Kier alpha value is -3.99. The highest BCUT2D eigenvalue weighted by molar-refractivity contribution is 5.88. The molecule has 0 atom stereocenters. The van der Waals surface area contributed by atoms with Gasteiger partial charge in [-0.15, -0.1) is 0 Å². The fourth-order valence-electron chi connectivity index (χ4n) is 3.04. The van der Waals surface area contributed by atoms with Crippen LogP contribution in [0.5, 0.6) is 0 Å². The summed E-state index contributed by atoms with van der Waals surface area (Å²) >= 11 is 0. The van der Waals surface area contributed by atoms with Gasteiger partial charge < -0.3 is 15.6 Å². The number of pyridine rings is 1. The first-order valence-corrected chi connectivity index (χ1v) is 8.71. The van der Waals surface area contributed by atoms with Crippen molar-refractivity contribution in [1.82, 2.24) is 24.5 Å². The number of hydrogen-bond donors (Lipinski definition) is 2. The normalized spacial score (nSPS) is 10.8. The molecule has 28 heavy (non-hydrogen) atoms. The van der Waals surface area contributed by atoms with Gasteiger partial charge in [0.05, 0.1) is 12.9 Å². The quantitative estimate of drug-likeness (QED) is 0.530. The summed E-state index contributed by atoms with van der Waals surface area (Å²) in [6.45, 7) is 2.59. The highest BCUT2D eigenvalue weighted by Gasteiger charge is 2.15. The molecule has 0 radical (unpaired) electrons. The maximum absolute atomic E-state index is 9.15. The predicted molar refractivity (Wildman–Crippen MR) is 108 cm³/mol. The van der Waals surface area contributed by atoms with Gasteiger partial charge >= 0.3 is 0 Å². The van der Waals surface area contributed by atoms with Crippen molar-refractivity contribution in [3.8, 4) is 17.3 Å². The summed E-state index contributed by atoms with van der Waals surface area (Å²) < 4.78 is 1.97. The number of nitrogens with zero attached hydrogens (tertiary/aromatic N) is 6. The smallest absolute Gasteiger partial charge is 0.225 e. The topological polar surface area (TPSA) is 118 Å². The van der Waals surface area contributed by atoms with E-state index in [0.29, 0.717) is 35.0 Å². The first kappa shape index (κ1) is 17.4. The lowest BCUT2D eigenvalue weighted by molar-refractivity contribution is 0.813. The first-order valence-electron chi connectivity index (χ1n) is 8.71. The number of hydrogen-bond acceptors (Lipinski definition) is 7. The molecule has 8 heteroatoms. The molecule has 0 amide bonds. The van der Waals surface area contributed by atoms with Gasteiger partial charge in [-0.25, -0.2) is 15.0 Å². The number of nitriles is 1. The van der Waals surface area contributed by atoms with E-state index in [1.807, 2.05) is 29.7 Å². The molecule has 0 spiro atoms. The van der Waals surface area contributed by atoms with Gasteiger partial charge in [-0.1, -0.05) is 12.1 Å². The Kier molecular flexibility index (Phi) is 4.33. The third-order valence-electron chi connectivity index (χ3n) is 4.52. The Morgan fingerprint density at radius 1 is 1.18 bits per heavy atom. The molecular formula is C20H18N8. The van der Waals surface area contributed by atoms with Gasteiger partial charge in [0.25, 0.3) is 0 Å². The van der Waals surface area contributed by atoms with Gasteiger partial charge in [0.1, 0.15) is 23.0 Å². The van der Waals surface area contributed by atoms with Crippen LogP contribution in [0.4, 0.5) is 11.6 Å². The van der Waals surface area contributed by atoms with Gasteiger partial charge in [0.2, 0.25) is 5.95 Å². The van der Waals surface area contributed by atoms with Crippen molar-refractivity contribution >= 4 is 22.8 Å². The molecule has 138 valence electrons. The van der Waals surface area contributed by atoms with E-state index >= 15 is 0 Å². The van der Waals surface area contributed by atoms with Crippen molar-refractivity contribution in [2.75, 3.05) is 18.1 Å². The molecule has 0 aliphatic heterocycles. The number of nitrogens with one attached hydrogen (secondary N) is 1. The van der Waals surface area contributed by atoms with E-state index in [9.17, 15) is 0 Å². The van der Waals surface area contributed by atoms with Crippen LogP contribution in [0.15, 0.2) is 42.9 Å². The zero-order chi connectivity index (χ0) is 19.7. The maximum atomic E-state index is 9.15. The number of aromatic nitrogens is 5. The zero-order valence-electron chi connectivity index (χ0n) is 15.5. The monoisotopic (exact) mass is 370 g/mol. The second-order valence-electron chi connectivity index (χ2n) is 6.42. The van der Waals surface area contributed by atoms with E-state index in [2.05, 4.69) is 37.4 Å². The molecule has 0 saturated carbocycles. The number of benzene rings is 1. The summed E-state index contributed by atoms with van der Waals surface area (Å²) in [5.74, 6) is 0.480. The molecule has 0 saturated heterocycles. The van der Waals surface area contributed by atoms with Crippen molar-refractivity contribution < 1.29 is 0 Å². The van der Waals surface area contributed by atoms with E-state index in [1.165, 1.54) is 0 Å². The molecule has 0 bridgehead atoms. The third kappa shape index (κ3) is 3.10. The summed E-state index contributed by atoms with van der Waals surface area (Å²) in [4.78, 5) is 17.7. The van der Waals surface area contributed by atoms with Crippen LogP contribution in [0.3, 0.4) is 0 Å².